The Hall–Kier alpha value is -1.09. The molecule has 0 radical (unpaired) electrons. The maximum atomic E-state index is 5.46. The predicted octanol–water partition coefficient (Wildman–Crippen LogP) is 3.83. The maximum Gasteiger partial charge on any atom is 0.236 e. The van der Waals surface area contributed by atoms with Gasteiger partial charge < -0.3 is 4.42 Å². The molecule has 0 aliphatic carbocycles. The number of aryl methyl sites for hydroxylation is 1. The molecule has 2 aromatic heterocycles. The summed E-state index contributed by atoms with van der Waals surface area (Å²) < 4.78 is 5.46. The van der Waals surface area contributed by atoms with E-state index in [1.807, 2.05) is 6.92 Å². The van der Waals surface area contributed by atoms with Crippen molar-refractivity contribution < 1.29 is 4.42 Å². The number of hydrogen-bond donors (Lipinski definition) is 0. The quantitative estimate of drug-likeness (QED) is 0.748. The van der Waals surface area contributed by atoms with E-state index in [1.165, 1.54) is 4.88 Å². The molecule has 0 aromatic carbocycles. The van der Waals surface area contributed by atoms with Crippen LogP contribution in [-0.4, -0.2) is 4.98 Å². The number of nitrogens with zero attached hydrogens (tertiary/aromatic N) is 1. The monoisotopic (exact) mass is 207 g/mol. The molecule has 0 aliphatic heterocycles. The zero-order valence-electron chi connectivity index (χ0n) is 8.57. The molecule has 2 nitrogen and oxygen atoms in total. The van der Waals surface area contributed by atoms with E-state index in [1.54, 1.807) is 17.5 Å². The Balaban J connectivity index is 2.33. The summed E-state index contributed by atoms with van der Waals surface area (Å²) in [6, 6.07) is 4.22. The third-order valence-corrected chi connectivity index (χ3v) is 3.40. The minimum Gasteiger partial charge on any atom is -0.441 e. The van der Waals surface area contributed by atoms with Crippen LogP contribution in [0.1, 0.15) is 30.4 Å². The summed E-state index contributed by atoms with van der Waals surface area (Å²) in [5.74, 6) is 2.17. The molecule has 0 bridgehead atoms. The lowest BCUT2D eigenvalue weighted by Crippen LogP contribution is -1.77. The molecule has 2 rings (SSSR count). The van der Waals surface area contributed by atoms with E-state index in [0.29, 0.717) is 5.92 Å². The lowest BCUT2D eigenvalue weighted by Gasteiger charge is -1.96. The molecule has 74 valence electrons. The van der Waals surface area contributed by atoms with Crippen LogP contribution in [0.15, 0.2) is 22.7 Å². The van der Waals surface area contributed by atoms with Gasteiger partial charge in [0.2, 0.25) is 5.89 Å². The molecule has 3 heteroatoms. The predicted molar refractivity (Wildman–Crippen MR) is 58.6 cm³/mol. The van der Waals surface area contributed by atoms with Crippen molar-refractivity contribution >= 4 is 11.3 Å². The van der Waals surface area contributed by atoms with E-state index in [9.17, 15) is 0 Å². The van der Waals surface area contributed by atoms with Crippen LogP contribution in [0.2, 0.25) is 0 Å². The number of rotatable bonds is 2. The molecular weight excluding hydrogens is 194 g/mol. The van der Waals surface area contributed by atoms with Crippen molar-refractivity contribution in [3.8, 4) is 10.8 Å². The molecule has 0 spiro atoms. The topological polar surface area (TPSA) is 26.0 Å². The lowest BCUT2D eigenvalue weighted by molar-refractivity contribution is 0.544. The molecule has 0 amide bonds. The minimum absolute atomic E-state index is 0.574. The summed E-state index contributed by atoms with van der Waals surface area (Å²) in [5, 5.41) is 0. The second-order valence-corrected chi connectivity index (χ2v) is 4.75. The summed E-state index contributed by atoms with van der Waals surface area (Å²) in [4.78, 5) is 6.69. The lowest BCUT2D eigenvalue weighted by atomic mass is 10.2. The van der Waals surface area contributed by atoms with E-state index in [-0.39, 0.29) is 0 Å². The highest BCUT2D eigenvalue weighted by molar-refractivity contribution is 7.15. The molecule has 14 heavy (non-hydrogen) atoms. The van der Waals surface area contributed by atoms with Crippen LogP contribution in [0, 0.1) is 6.92 Å². The summed E-state index contributed by atoms with van der Waals surface area (Å²) in [7, 11) is 0. The van der Waals surface area contributed by atoms with Gasteiger partial charge in [-0.2, -0.15) is 0 Å². The van der Waals surface area contributed by atoms with Crippen molar-refractivity contribution in [3.05, 3.63) is 29.0 Å². The van der Waals surface area contributed by atoms with Gasteiger partial charge >= 0.3 is 0 Å². The van der Waals surface area contributed by atoms with Gasteiger partial charge in [0.05, 0.1) is 11.1 Å². The van der Waals surface area contributed by atoms with Crippen LogP contribution < -0.4 is 0 Å². The fourth-order valence-corrected chi connectivity index (χ4v) is 2.19. The van der Waals surface area contributed by atoms with Gasteiger partial charge in [-0.25, -0.2) is 4.98 Å². The van der Waals surface area contributed by atoms with Crippen molar-refractivity contribution in [3.63, 3.8) is 0 Å². The average molecular weight is 207 g/mol. The number of oxazole rings is 1. The zero-order valence-corrected chi connectivity index (χ0v) is 9.39. The average Bonchev–Trinajstić information content (AvgIpc) is 2.70. The Morgan fingerprint density at radius 3 is 2.64 bits per heavy atom. The second-order valence-electron chi connectivity index (χ2n) is 3.63. The Bertz CT molecular complexity index is 428. The standard InChI is InChI=1S/C11H13NOS/c1-7(2)9-4-5-10(14-9)11-12-6-8(3)13-11/h4-7H,1-3H3. The first-order valence-electron chi connectivity index (χ1n) is 4.69. The normalized spacial score (nSPS) is 11.1. The van der Waals surface area contributed by atoms with Crippen molar-refractivity contribution in [1.29, 1.82) is 0 Å². The van der Waals surface area contributed by atoms with Gasteiger partial charge in [0.1, 0.15) is 5.76 Å². The largest absolute Gasteiger partial charge is 0.441 e. The van der Waals surface area contributed by atoms with Crippen LogP contribution in [0.5, 0.6) is 0 Å². The maximum absolute atomic E-state index is 5.46. The van der Waals surface area contributed by atoms with Crippen LogP contribution >= 0.6 is 11.3 Å². The molecule has 0 saturated carbocycles. The third kappa shape index (κ3) is 1.73. The van der Waals surface area contributed by atoms with E-state index < -0.39 is 0 Å². The van der Waals surface area contributed by atoms with E-state index in [2.05, 4.69) is 31.0 Å². The summed E-state index contributed by atoms with van der Waals surface area (Å²) >= 11 is 1.75. The molecule has 0 N–H and O–H groups in total. The molecule has 0 atom stereocenters. The number of aromatic nitrogens is 1. The van der Waals surface area contributed by atoms with Crippen molar-refractivity contribution in [2.45, 2.75) is 26.7 Å². The number of hydrogen-bond acceptors (Lipinski definition) is 3. The SMILES string of the molecule is Cc1cnc(-c2ccc(C(C)C)s2)o1. The van der Waals surface area contributed by atoms with Crippen molar-refractivity contribution in [2.24, 2.45) is 0 Å². The van der Waals surface area contributed by atoms with Crippen LogP contribution in [0.4, 0.5) is 0 Å². The van der Waals surface area contributed by atoms with Gasteiger partial charge in [0, 0.05) is 4.88 Å². The first kappa shape index (κ1) is 9.46. The van der Waals surface area contributed by atoms with E-state index in [0.717, 1.165) is 16.5 Å². The first-order valence-corrected chi connectivity index (χ1v) is 5.51. The molecule has 2 heterocycles. The molecular formula is C11H13NOS. The van der Waals surface area contributed by atoms with Crippen LogP contribution in [-0.2, 0) is 0 Å². The number of thiophene rings is 1. The Kier molecular flexibility index (Phi) is 2.42. The Morgan fingerprint density at radius 1 is 1.36 bits per heavy atom. The Labute approximate surface area is 87.6 Å². The molecule has 0 unspecified atom stereocenters. The molecule has 0 saturated heterocycles. The molecule has 0 aliphatic rings. The first-order chi connectivity index (χ1) is 6.66. The summed E-state index contributed by atoms with van der Waals surface area (Å²) in [6.07, 6.45) is 1.75. The van der Waals surface area contributed by atoms with Gasteiger partial charge in [0.15, 0.2) is 0 Å². The second kappa shape index (κ2) is 3.58. The summed E-state index contributed by atoms with van der Waals surface area (Å²) in [6.45, 7) is 6.29. The van der Waals surface area contributed by atoms with E-state index >= 15 is 0 Å². The highest BCUT2D eigenvalue weighted by Gasteiger charge is 2.09. The van der Waals surface area contributed by atoms with Gasteiger partial charge in [-0.3, -0.25) is 0 Å². The molecule has 0 fully saturated rings. The van der Waals surface area contributed by atoms with Gasteiger partial charge in [-0.05, 0) is 25.0 Å². The van der Waals surface area contributed by atoms with E-state index in [4.69, 9.17) is 4.42 Å². The van der Waals surface area contributed by atoms with Gasteiger partial charge in [0.25, 0.3) is 0 Å². The van der Waals surface area contributed by atoms with Gasteiger partial charge in [-0.15, -0.1) is 11.3 Å². The third-order valence-electron chi connectivity index (χ3n) is 2.03. The van der Waals surface area contributed by atoms with Crippen LogP contribution in [0.25, 0.3) is 10.8 Å². The fourth-order valence-electron chi connectivity index (χ4n) is 1.25. The van der Waals surface area contributed by atoms with Crippen molar-refractivity contribution in [1.82, 2.24) is 4.98 Å². The summed E-state index contributed by atoms with van der Waals surface area (Å²) in [5.41, 5.74) is 0. The molecule has 2 aromatic rings. The highest BCUT2D eigenvalue weighted by atomic mass is 32.1. The fraction of sp³-hybridized carbons (Fsp3) is 0.364. The highest BCUT2D eigenvalue weighted by Crippen LogP contribution is 2.31. The van der Waals surface area contributed by atoms with Crippen molar-refractivity contribution in [2.75, 3.05) is 0 Å². The van der Waals surface area contributed by atoms with Gasteiger partial charge in [-0.1, -0.05) is 13.8 Å². The smallest absolute Gasteiger partial charge is 0.236 e. The Morgan fingerprint density at radius 2 is 2.14 bits per heavy atom. The van der Waals surface area contributed by atoms with Crippen LogP contribution in [0.3, 0.4) is 0 Å². The zero-order chi connectivity index (χ0) is 10.1. The minimum atomic E-state index is 0.574.